The average Bonchev–Trinajstić information content (AvgIpc) is 3.37. The van der Waals surface area contributed by atoms with Gasteiger partial charge in [0.1, 0.15) is 11.6 Å². The Bertz CT molecular complexity index is 1190. The van der Waals surface area contributed by atoms with Crippen LogP contribution in [0.5, 0.6) is 0 Å². The van der Waals surface area contributed by atoms with Crippen molar-refractivity contribution in [2.24, 2.45) is 0 Å². The van der Waals surface area contributed by atoms with E-state index < -0.39 is 0 Å². The third kappa shape index (κ3) is 3.78. The second-order valence-corrected chi connectivity index (χ2v) is 8.39. The fourth-order valence-electron chi connectivity index (χ4n) is 3.43. The Hall–Kier alpha value is -3.26. The van der Waals surface area contributed by atoms with Crippen LogP contribution >= 0.6 is 11.8 Å². The maximum atomic E-state index is 11.7. The molecule has 2 aliphatic rings. The average molecular weight is 419 g/mol. The molecule has 1 aromatic carbocycles. The Kier molecular flexibility index (Phi) is 4.71. The third-order valence-corrected chi connectivity index (χ3v) is 5.85. The maximum Gasteiger partial charge on any atom is 0.228 e. The van der Waals surface area contributed by atoms with Gasteiger partial charge in [-0.15, -0.1) is 11.8 Å². The molecule has 0 radical (unpaired) electrons. The predicted octanol–water partition coefficient (Wildman–Crippen LogP) is 4.19. The number of fused-ring (bicyclic) bond motifs is 1. The summed E-state index contributed by atoms with van der Waals surface area (Å²) in [6.07, 6.45) is 8.42. The van der Waals surface area contributed by atoms with Crippen LogP contribution < -0.4 is 16.0 Å². The Morgan fingerprint density at radius 3 is 2.93 bits per heavy atom. The highest BCUT2D eigenvalue weighted by Crippen LogP contribution is 2.30. The number of amides is 1. The van der Waals surface area contributed by atoms with Crippen LogP contribution in [0.3, 0.4) is 0 Å². The molecule has 1 aliphatic carbocycles. The standard InChI is InChI=1S/C22H22N6OS/c1-13-14(9-21(29)24-13)8-15-12-23-28-20(26-16-6-7-16)11-19(27-22(15)28)25-17-4-3-5-18(10-17)30-2/h3-5,8,10-12,16,26H,1,6-7,9H2,2H3,(H,24,29)(H,25,27)/b14-8+. The number of hydrogen-bond donors (Lipinski definition) is 3. The van der Waals surface area contributed by atoms with Gasteiger partial charge in [0.05, 0.1) is 12.6 Å². The molecule has 3 aromatic rings. The normalized spacial score (nSPS) is 17.6. The third-order valence-electron chi connectivity index (χ3n) is 5.13. The van der Waals surface area contributed by atoms with Crippen molar-refractivity contribution in [1.82, 2.24) is 19.9 Å². The van der Waals surface area contributed by atoms with Crippen LogP contribution in [-0.4, -0.2) is 32.8 Å². The van der Waals surface area contributed by atoms with Crippen molar-refractivity contribution >= 4 is 46.7 Å². The van der Waals surface area contributed by atoms with E-state index in [-0.39, 0.29) is 5.91 Å². The van der Waals surface area contributed by atoms with Crippen LogP contribution in [0, 0.1) is 0 Å². The van der Waals surface area contributed by atoms with Gasteiger partial charge in [-0.2, -0.15) is 9.61 Å². The van der Waals surface area contributed by atoms with Crippen LogP contribution in [0.15, 0.2) is 59.3 Å². The molecule has 5 rings (SSSR count). The summed E-state index contributed by atoms with van der Waals surface area (Å²) in [5.74, 6) is 1.60. The lowest BCUT2D eigenvalue weighted by Gasteiger charge is -2.12. The predicted molar refractivity (Wildman–Crippen MR) is 121 cm³/mol. The van der Waals surface area contributed by atoms with Gasteiger partial charge >= 0.3 is 0 Å². The Morgan fingerprint density at radius 1 is 1.33 bits per heavy atom. The number of aromatic nitrogens is 3. The molecular formula is C22H22N6OS. The highest BCUT2D eigenvalue weighted by Gasteiger charge is 2.24. The summed E-state index contributed by atoms with van der Waals surface area (Å²) in [7, 11) is 0. The molecule has 1 aliphatic heterocycles. The fraction of sp³-hybridized carbons (Fsp3) is 0.227. The number of allylic oxidation sites excluding steroid dienone is 1. The molecule has 1 saturated carbocycles. The smallest absolute Gasteiger partial charge is 0.228 e. The molecule has 0 atom stereocenters. The van der Waals surface area contributed by atoms with Gasteiger partial charge in [0, 0.05) is 34.0 Å². The summed E-state index contributed by atoms with van der Waals surface area (Å²) in [5, 5.41) is 14.3. The van der Waals surface area contributed by atoms with Gasteiger partial charge in [-0.1, -0.05) is 12.6 Å². The lowest BCUT2D eigenvalue weighted by atomic mass is 10.1. The van der Waals surface area contributed by atoms with E-state index in [0.29, 0.717) is 18.2 Å². The summed E-state index contributed by atoms with van der Waals surface area (Å²) in [6, 6.07) is 10.7. The van der Waals surface area contributed by atoms with Gasteiger partial charge in [0.25, 0.3) is 0 Å². The van der Waals surface area contributed by atoms with Crippen molar-refractivity contribution in [2.75, 3.05) is 16.9 Å². The zero-order chi connectivity index (χ0) is 20.7. The van der Waals surface area contributed by atoms with Gasteiger partial charge in [-0.05, 0) is 48.9 Å². The minimum Gasteiger partial charge on any atom is -0.367 e. The number of carbonyl (C=O) groups is 1. The number of hydrogen-bond acceptors (Lipinski definition) is 6. The molecule has 7 nitrogen and oxygen atoms in total. The first kappa shape index (κ1) is 18.7. The monoisotopic (exact) mass is 418 g/mol. The molecule has 30 heavy (non-hydrogen) atoms. The molecule has 2 aromatic heterocycles. The number of anilines is 3. The molecule has 3 heterocycles. The highest BCUT2D eigenvalue weighted by atomic mass is 32.2. The van der Waals surface area contributed by atoms with Crippen molar-refractivity contribution in [3.05, 3.63) is 59.9 Å². The SMILES string of the molecule is C=C1NC(=O)C/C1=C\c1cnn2c(NC3CC3)cc(Nc3cccc(SC)c3)nc12. The summed E-state index contributed by atoms with van der Waals surface area (Å²) in [5.41, 5.74) is 4.06. The van der Waals surface area contributed by atoms with Crippen molar-refractivity contribution < 1.29 is 4.79 Å². The van der Waals surface area contributed by atoms with Crippen LogP contribution in [0.2, 0.25) is 0 Å². The molecular weight excluding hydrogens is 396 g/mol. The van der Waals surface area contributed by atoms with Gasteiger partial charge in [-0.3, -0.25) is 4.79 Å². The van der Waals surface area contributed by atoms with Crippen LogP contribution in [0.4, 0.5) is 17.3 Å². The van der Waals surface area contributed by atoms with Crippen molar-refractivity contribution in [2.45, 2.75) is 30.2 Å². The fourth-order valence-corrected chi connectivity index (χ4v) is 3.89. The topological polar surface area (TPSA) is 83.4 Å². The number of carbonyl (C=O) groups excluding carboxylic acids is 1. The van der Waals surface area contributed by atoms with E-state index >= 15 is 0 Å². The lowest BCUT2D eigenvalue weighted by molar-refractivity contribution is -0.118. The maximum absolute atomic E-state index is 11.7. The van der Waals surface area contributed by atoms with E-state index in [4.69, 9.17) is 4.98 Å². The lowest BCUT2D eigenvalue weighted by Crippen LogP contribution is -2.10. The Balaban J connectivity index is 1.56. The van der Waals surface area contributed by atoms with E-state index in [9.17, 15) is 4.79 Å². The van der Waals surface area contributed by atoms with E-state index in [1.165, 1.54) is 4.90 Å². The van der Waals surface area contributed by atoms with E-state index in [1.807, 2.05) is 28.8 Å². The van der Waals surface area contributed by atoms with Crippen LogP contribution in [0.1, 0.15) is 24.8 Å². The second kappa shape index (κ2) is 7.53. The van der Waals surface area contributed by atoms with Crippen LogP contribution in [-0.2, 0) is 4.79 Å². The zero-order valence-corrected chi connectivity index (χ0v) is 17.4. The number of rotatable bonds is 6. The van der Waals surface area contributed by atoms with Gasteiger partial charge in [0.2, 0.25) is 5.91 Å². The molecule has 0 unspecified atom stereocenters. The molecule has 2 fully saturated rings. The first-order valence-corrected chi connectivity index (χ1v) is 11.1. The molecule has 1 amide bonds. The quantitative estimate of drug-likeness (QED) is 0.521. The zero-order valence-electron chi connectivity index (χ0n) is 16.6. The van der Waals surface area contributed by atoms with Gasteiger partial charge in [0.15, 0.2) is 5.65 Å². The molecule has 3 N–H and O–H groups in total. The van der Waals surface area contributed by atoms with E-state index in [0.717, 1.165) is 46.9 Å². The summed E-state index contributed by atoms with van der Waals surface area (Å²) in [6.45, 7) is 3.93. The molecule has 0 spiro atoms. The summed E-state index contributed by atoms with van der Waals surface area (Å²) < 4.78 is 1.82. The van der Waals surface area contributed by atoms with Crippen molar-refractivity contribution in [3.63, 3.8) is 0 Å². The van der Waals surface area contributed by atoms with Crippen molar-refractivity contribution in [1.29, 1.82) is 0 Å². The minimum atomic E-state index is -0.0391. The Morgan fingerprint density at radius 2 is 2.20 bits per heavy atom. The molecule has 8 heteroatoms. The summed E-state index contributed by atoms with van der Waals surface area (Å²) >= 11 is 1.70. The summed E-state index contributed by atoms with van der Waals surface area (Å²) in [4.78, 5) is 17.7. The minimum absolute atomic E-state index is 0.0391. The second-order valence-electron chi connectivity index (χ2n) is 7.51. The largest absolute Gasteiger partial charge is 0.367 e. The van der Waals surface area contributed by atoms with Gasteiger partial charge < -0.3 is 16.0 Å². The first-order chi connectivity index (χ1) is 14.6. The highest BCUT2D eigenvalue weighted by molar-refractivity contribution is 7.98. The number of thioether (sulfide) groups is 1. The van der Waals surface area contributed by atoms with E-state index in [1.54, 1.807) is 18.0 Å². The molecule has 0 bridgehead atoms. The van der Waals surface area contributed by atoms with E-state index in [2.05, 4.69) is 46.0 Å². The van der Waals surface area contributed by atoms with Crippen molar-refractivity contribution in [3.8, 4) is 0 Å². The molecule has 1 saturated heterocycles. The number of benzene rings is 1. The Labute approximate surface area is 178 Å². The van der Waals surface area contributed by atoms with Crippen LogP contribution in [0.25, 0.3) is 11.7 Å². The van der Waals surface area contributed by atoms with Gasteiger partial charge in [-0.25, -0.2) is 4.98 Å². The number of nitrogens with one attached hydrogen (secondary N) is 3. The first-order valence-electron chi connectivity index (χ1n) is 9.85. The number of nitrogens with zero attached hydrogens (tertiary/aromatic N) is 3. The molecule has 152 valence electrons.